The standard InChI is InChI=1S/C17H12F3N3/c1-23-9-22-14-7-12(13(8-15(14)23)17(18,19)20)11-4-2-3-10-5-6-21-16(10)11/h2-9,21H,1H3. The lowest BCUT2D eigenvalue weighted by molar-refractivity contribution is -0.137. The van der Waals surface area contributed by atoms with Crippen molar-refractivity contribution in [3.05, 3.63) is 54.5 Å². The second-order valence-corrected chi connectivity index (χ2v) is 5.49. The average molecular weight is 315 g/mol. The quantitative estimate of drug-likeness (QED) is 0.541. The third-order valence-corrected chi connectivity index (χ3v) is 4.05. The number of nitrogens with one attached hydrogen (secondary N) is 1. The van der Waals surface area contributed by atoms with Crippen molar-refractivity contribution in [2.45, 2.75) is 6.18 Å². The zero-order valence-electron chi connectivity index (χ0n) is 12.1. The number of fused-ring (bicyclic) bond motifs is 2. The number of rotatable bonds is 1. The lowest BCUT2D eigenvalue weighted by atomic mass is 9.96. The van der Waals surface area contributed by atoms with Gasteiger partial charge in [0.15, 0.2) is 0 Å². The molecular formula is C17H12F3N3. The molecule has 0 fully saturated rings. The smallest absolute Gasteiger partial charge is 0.361 e. The maximum absolute atomic E-state index is 13.6. The summed E-state index contributed by atoms with van der Waals surface area (Å²) in [5, 5.41) is 0.872. The molecule has 3 nitrogen and oxygen atoms in total. The van der Waals surface area contributed by atoms with Crippen LogP contribution in [0.15, 0.2) is 48.9 Å². The van der Waals surface area contributed by atoms with Crippen molar-refractivity contribution in [1.29, 1.82) is 0 Å². The van der Waals surface area contributed by atoms with E-state index in [0.29, 0.717) is 22.1 Å². The van der Waals surface area contributed by atoms with E-state index in [2.05, 4.69) is 9.97 Å². The fourth-order valence-electron chi connectivity index (χ4n) is 2.94. The van der Waals surface area contributed by atoms with E-state index in [0.717, 1.165) is 5.39 Å². The molecule has 0 aliphatic carbocycles. The first-order valence-electron chi connectivity index (χ1n) is 7.04. The van der Waals surface area contributed by atoms with Crippen LogP contribution in [-0.4, -0.2) is 14.5 Å². The summed E-state index contributed by atoms with van der Waals surface area (Å²) >= 11 is 0. The molecule has 0 aliphatic heterocycles. The van der Waals surface area contributed by atoms with E-state index in [1.54, 1.807) is 29.9 Å². The van der Waals surface area contributed by atoms with Gasteiger partial charge < -0.3 is 9.55 Å². The molecular weight excluding hydrogens is 303 g/mol. The summed E-state index contributed by atoms with van der Waals surface area (Å²) in [7, 11) is 1.68. The predicted octanol–water partition coefficient (Wildman–Crippen LogP) is 4.74. The molecule has 0 saturated carbocycles. The highest BCUT2D eigenvalue weighted by Gasteiger charge is 2.35. The normalized spacial score (nSPS) is 12.3. The Kier molecular flexibility index (Phi) is 2.78. The maximum Gasteiger partial charge on any atom is 0.417 e. The van der Waals surface area contributed by atoms with Crippen molar-refractivity contribution in [3.63, 3.8) is 0 Å². The Morgan fingerprint density at radius 3 is 2.70 bits per heavy atom. The van der Waals surface area contributed by atoms with Crippen LogP contribution in [0.5, 0.6) is 0 Å². The third kappa shape index (κ3) is 2.10. The van der Waals surface area contributed by atoms with Gasteiger partial charge in [0.1, 0.15) is 0 Å². The van der Waals surface area contributed by atoms with Gasteiger partial charge >= 0.3 is 6.18 Å². The Balaban J connectivity index is 2.11. The molecule has 23 heavy (non-hydrogen) atoms. The van der Waals surface area contributed by atoms with Crippen LogP contribution < -0.4 is 0 Å². The summed E-state index contributed by atoms with van der Waals surface area (Å²) < 4.78 is 42.3. The topological polar surface area (TPSA) is 33.6 Å². The van der Waals surface area contributed by atoms with Crippen LogP contribution in [0.25, 0.3) is 33.1 Å². The highest BCUT2D eigenvalue weighted by atomic mass is 19.4. The number of aryl methyl sites for hydroxylation is 1. The molecule has 6 heteroatoms. The van der Waals surface area contributed by atoms with Crippen molar-refractivity contribution < 1.29 is 13.2 Å². The van der Waals surface area contributed by atoms with E-state index in [1.165, 1.54) is 18.5 Å². The molecule has 0 radical (unpaired) electrons. The van der Waals surface area contributed by atoms with Gasteiger partial charge in [-0.05, 0) is 29.1 Å². The number of halogens is 3. The number of imidazole rings is 1. The monoisotopic (exact) mass is 315 g/mol. The van der Waals surface area contributed by atoms with Crippen molar-refractivity contribution in [2.75, 3.05) is 0 Å². The van der Waals surface area contributed by atoms with Crippen LogP contribution in [0, 0.1) is 0 Å². The Hall–Kier alpha value is -2.76. The minimum absolute atomic E-state index is 0.136. The number of para-hydroxylation sites is 1. The molecule has 1 N–H and O–H groups in total. The summed E-state index contributed by atoms with van der Waals surface area (Å²) in [4.78, 5) is 7.21. The van der Waals surface area contributed by atoms with Crippen LogP contribution in [0.4, 0.5) is 13.2 Å². The molecule has 0 saturated heterocycles. The van der Waals surface area contributed by atoms with Crippen molar-refractivity contribution in [1.82, 2.24) is 14.5 Å². The van der Waals surface area contributed by atoms with Gasteiger partial charge in [0.2, 0.25) is 0 Å². The molecule has 4 rings (SSSR count). The van der Waals surface area contributed by atoms with Gasteiger partial charge in [0.25, 0.3) is 0 Å². The first-order valence-corrected chi connectivity index (χ1v) is 7.04. The number of hydrogen-bond donors (Lipinski definition) is 1. The summed E-state index contributed by atoms with van der Waals surface area (Å²) in [5.41, 5.74) is 1.69. The van der Waals surface area contributed by atoms with E-state index >= 15 is 0 Å². The number of alkyl halides is 3. The molecule has 0 aliphatic rings. The van der Waals surface area contributed by atoms with Gasteiger partial charge in [-0.25, -0.2) is 4.98 Å². The van der Waals surface area contributed by atoms with Gasteiger partial charge in [-0.1, -0.05) is 18.2 Å². The van der Waals surface area contributed by atoms with Gasteiger partial charge in [-0.2, -0.15) is 13.2 Å². The second-order valence-electron chi connectivity index (χ2n) is 5.49. The van der Waals surface area contributed by atoms with Gasteiger partial charge in [0.05, 0.1) is 28.4 Å². The lowest BCUT2D eigenvalue weighted by Crippen LogP contribution is -2.08. The Morgan fingerprint density at radius 1 is 1.09 bits per heavy atom. The molecule has 2 heterocycles. The molecule has 0 unspecified atom stereocenters. The van der Waals surface area contributed by atoms with Crippen molar-refractivity contribution in [2.24, 2.45) is 7.05 Å². The Bertz CT molecular complexity index is 1020. The fourth-order valence-corrected chi connectivity index (χ4v) is 2.94. The zero-order valence-corrected chi connectivity index (χ0v) is 12.1. The number of H-pyrrole nitrogens is 1. The number of aromatic nitrogens is 3. The number of nitrogens with zero attached hydrogens (tertiary/aromatic N) is 2. The summed E-state index contributed by atoms with van der Waals surface area (Å²) in [6.45, 7) is 0. The molecule has 0 bridgehead atoms. The molecule has 0 spiro atoms. The number of hydrogen-bond acceptors (Lipinski definition) is 1. The molecule has 2 aromatic carbocycles. The summed E-state index contributed by atoms with van der Waals surface area (Å²) in [6.07, 6.45) is -1.20. The van der Waals surface area contributed by atoms with Crippen molar-refractivity contribution in [3.8, 4) is 11.1 Å². The average Bonchev–Trinajstić information content (AvgIpc) is 3.12. The van der Waals surface area contributed by atoms with Crippen LogP contribution in [0.2, 0.25) is 0 Å². The molecule has 0 amide bonds. The molecule has 0 atom stereocenters. The SMILES string of the molecule is Cn1cnc2cc(-c3cccc4cc[nH]c34)c(C(F)(F)F)cc21. The van der Waals surface area contributed by atoms with E-state index in [4.69, 9.17) is 0 Å². The van der Waals surface area contributed by atoms with Crippen LogP contribution in [0.3, 0.4) is 0 Å². The zero-order chi connectivity index (χ0) is 16.2. The molecule has 4 aromatic rings. The van der Waals surface area contributed by atoms with E-state index in [-0.39, 0.29) is 5.56 Å². The molecule has 2 aromatic heterocycles. The summed E-state index contributed by atoms with van der Waals surface area (Å²) in [5.74, 6) is 0. The molecule has 116 valence electrons. The maximum atomic E-state index is 13.6. The largest absolute Gasteiger partial charge is 0.417 e. The highest BCUT2D eigenvalue weighted by molar-refractivity contribution is 5.97. The first kappa shape index (κ1) is 13.9. The van der Waals surface area contributed by atoms with Crippen LogP contribution >= 0.6 is 0 Å². The van der Waals surface area contributed by atoms with Gasteiger partial charge in [-0.3, -0.25) is 0 Å². The minimum Gasteiger partial charge on any atom is -0.361 e. The first-order chi connectivity index (χ1) is 10.9. The Labute approximate surface area is 129 Å². The highest BCUT2D eigenvalue weighted by Crippen LogP contribution is 2.41. The number of benzene rings is 2. The van der Waals surface area contributed by atoms with Gasteiger partial charge in [-0.15, -0.1) is 0 Å². The van der Waals surface area contributed by atoms with Gasteiger partial charge in [0, 0.05) is 18.8 Å². The van der Waals surface area contributed by atoms with E-state index in [9.17, 15) is 13.2 Å². The van der Waals surface area contributed by atoms with Crippen LogP contribution in [-0.2, 0) is 13.2 Å². The predicted molar refractivity (Wildman–Crippen MR) is 83.0 cm³/mol. The summed E-state index contributed by atoms with van der Waals surface area (Å²) in [6, 6.07) is 9.83. The Morgan fingerprint density at radius 2 is 1.91 bits per heavy atom. The van der Waals surface area contributed by atoms with E-state index in [1.807, 2.05) is 12.1 Å². The lowest BCUT2D eigenvalue weighted by Gasteiger charge is -2.14. The fraction of sp³-hybridized carbons (Fsp3) is 0.118. The third-order valence-electron chi connectivity index (χ3n) is 4.05. The second kappa shape index (κ2) is 4.62. The van der Waals surface area contributed by atoms with Crippen LogP contribution in [0.1, 0.15) is 5.56 Å². The van der Waals surface area contributed by atoms with E-state index < -0.39 is 11.7 Å². The van der Waals surface area contributed by atoms with Crippen molar-refractivity contribution >= 4 is 21.9 Å². The number of aromatic amines is 1. The minimum atomic E-state index is -4.44.